The number of nitrogens with one attached hydrogen (secondary N) is 1. The zero-order valence-electron chi connectivity index (χ0n) is 13.4. The number of aryl methyl sites for hydroxylation is 1. The molecular formula is C19H21NO3. The summed E-state index contributed by atoms with van der Waals surface area (Å²) in [6, 6.07) is 16.6. The van der Waals surface area contributed by atoms with Gasteiger partial charge in [-0.3, -0.25) is 4.79 Å². The van der Waals surface area contributed by atoms with Gasteiger partial charge in [-0.05, 0) is 18.1 Å². The molecule has 0 bridgehead atoms. The Labute approximate surface area is 136 Å². The predicted octanol–water partition coefficient (Wildman–Crippen LogP) is 2.44. The van der Waals surface area contributed by atoms with Crippen molar-refractivity contribution in [1.29, 1.82) is 0 Å². The van der Waals surface area contributed by atoms with Crippen molar-refractivity contribution in [3.05, 3.63) is 71.3 Å². The molecular weight excluding hydrogens is 290 g/mol. The Kier molecular flexibility index (Phi) is 5.92. The fourth-order valence-electron chi connectivity index (χ4n) is 2.32. The van der Waals surface area contributed by atoms with E-state index < -0.39 is 12.0 Å². The number of benzene rings is 2. The molecule has 120 valence electrons. The van der Waals surface area contributed by atoms with E-state index in [0.717, 1.165) is 16.7 Å². The molecule has 0 aromatic heterocycles. The highest BCUT2D eigenvalue weighted by Gasteiger charge is 2.21. The summed E-state index contributed by atoms with van der Waals surface area (Å²) >= 11 is 0. The molecule has 23 heavy (non-hydrogen) atoms. The lowest BCUT2D eigenvalue weighted by molar-refractivity contribution is -0.145. The quantitative estimate of drug-likeness (QED) is 0.834. The fraction of sp³-hybridized carbons (Fsp3) is 0.263. The van der Waals surface area contributed by atoms with Crippen molar-refractivity contribution in [3.8, 4) is 0 Å². The standard InChI is InChI=1S/C19H21NO3/c1-14-8-10-16(11-9-14)12-17(19(22)23-2)20-18(21)13-15-6-4-3-5-7-15/h3-11,17H,12-13H2,1-2H3,(H,20,21)/t17-/m1/s1. The molecule has 4 nitrogen and oxygen atoms in total. The number of hydrogen-bond donors (Lipinski definition) is 1. The van der Waals surface area contributed by atoms with Crippen LogP contribution in [0.2, 0.25) is 0 Å². The minimum Gasteiger partial charge on any atom is -0.467 e. The van der Waals surface area contributed by atoms with Gasteiger partial charge in [0, 0.05) is 6.42 Å². The first-order valence-corrected chi connectivity index (χ1v) is 7.55. The zero-order chi connectivity index (χ0) is 16.7. The van der Waals surface area contributed by atoms with E-state index in [1.807, 2.05) is 61.5 Å². The van der Waals surface area contributed by atoms with Gasteiger partial charge in [0.25, 0.3) is 0 Å². The van der Waals surface area contributed by atoms with E-state index in [2.05, 4.69) is 5.32 Å². The molecule has 0 saturated carbocycles. The van der Waals surface area contributed by atoms with Gasteiger partial charge < -0.3 is 10.1 Å². The molecule has 0 aliphatic carbocycles. The van der Waals surface area contributed by atoms with Crippen molar-refractivity contribution in [1.82, 2.24) is 5.32 Å². The van der Waals surface area contributed by atoms with E-state index in [-0.39, 0.29) is 12.3 Å². The third-order valence-electron chi connectivity index (χ3n) is 3.59. The third kappa shape index (κ3) is 5.25. The van der Waals surface area contributed by atoms with Gasteiger partial charge in [0.2, 0.25) is 5.91 Å². The molecule has 2 rings (SSSR count). The van der Waals surface area contributed by atoms with Crippen LogP contribution in [0.15, 0.2) is 54.6 Å². The molecule has 0 fully saturated rings. The molecule has 0 aliphatic rings. The Morgan fingerprint density at radius 2 is 1.65 bits per heavy atom. The van der Waals surface area contributed by atoms with Crippen molar-refractivity contribution in [3.63, 3.8) is 0 Å². The molecule has 1 amide bonds. The highest BCUT2D eigenvalue weighted by molar-refractivity contribution is 5.85. The van der Waals surface area contributed by atoms with E-state index >= 15 is 0 Å². The Hall–Kier alpha value is -2.62. The third-order valence-corrected chi connectivity index (χ3v) is 3.59. The van der Waals surface area contributed by atoms with Gasteiger partial charge in [0.15, 0.2) is 0 Å². The molecule has 0 spiro atoms. The lowest BCUT2D eigenvalue weighted by atomic mass is 10.0. The van der Waals surface area contributed by atoms with Gasteiger partial charge in [-0.25, -0.2) is 4.79 Å². The van der Waals surface area contributed by atoms with Crippen molar-refractivity contribution < 1.29 is 14.3 Å². The van der Waals surface area contributed by atoms with Crippen LogP contribution in [-0.4, -0.2) is 25.0 Å². The predicted molar refractivity (Wildman–Crippen MR) is 89.0 cm³/mol. The molecule has 0 unspecified atom stereocenters. The first kappa shape index (κ1) is 16.7. The maximum Gasteiger partial charge on any atom is 0.328 e. The molecule has 4 heteroatoms. The maximum atomic E-state index is 12.2. The van der Waals surface area contributed by atoms with E-state index in [1.165, 1.54) is 7.11 Å². The van der Waals surface area contributed by atoms with Crippen molar-refractivity contribution in [2.45, 2.75) is 25.8 Å². The number of hydrogen-bond acceptors (Lipinski definition) is 3. The number of amides is 1. The van der Waals surface area contributed by atoms with E-state index in [4.69, 9.17) is 4.74 Å². The summed E-state index contributed by atoms with van der Waals surface area (Å²) in [5, 5.41) is 2.77. The second-order valence-electron chi connectivity index (χ2n) is 5.50. The summed E-state index contributed by atoms with van der Waals surface area (Å²) < 4.78 is 4.81. The van der Waals surface area contributed by atoms with Crippen molar-refractivity contribution >= 4 is 11.9 Å². The maximum absolute atomic E-state index is 12.2. The molecule has 2 aromatic rings. The molecule has 1 N–H and O–H groups in total. The molecule has 2 aromatic carbocycles. The van der Waals surface area contributed by atoms with E-state index in [1.54, 1.807) is 0 Å². The zero-order valence-corrected chi connectivity index (χ0v) is 13.4. The van der Waals surface area contributed by atoms with Gasteiger partial charge in [0.1, 0.15) is 6.04 Å². The lowest BCUT2D eigenvalue weighted by Crippen LogP contribution is -2.43. The minimum absolute atomic E-state index is 0.196. The summed E-state index contributed by atoms with van der Waals surface area (Å²) in [6.07, 6.45) is 0.649. The van der Waals surface area contributed by atoms with Crippen LogP contribution < -0.4 is 5.32 Å². The highest BCUT2D eigenvalue weighted by Crippen LogP contribution is 2.08. The second-order valence-corrected chi connectivity index (χ2v) is 5.50. The van der Waals surface area contributed by atoms with Crippen molar-refractivity contribution in [2.75, 3.05) is 7.11 Å². The van der Waals surface area contributed by atoms with Crippen LogP contribution in [0.5, 0.6) is 0 Å². The Balaban J connectivity index is 2.02. The summed E-state index contributed by atoms with van der Waals surface area (Å²) in [7, 11) is 1.33. The Morgan fingerprint density at radius 3 is 2.26 bits per heavy atom. The van der Waals surface area contributed by atoms with Gasteiger partial charge in [0.05, 0.1) is 13.5 Å². The fourth-order valence-corrected chi connectivity index (χ4v) is 2.32. The number of methoxy groups -OCH3 is 1. The Morgan fingerprint density at radius 1 is 1.00 bits per heavy atom. The average Bonchev–Trinajstić information content (AvgIpc) is 2.56. The van der Waals surface area contributed by atoms with Crippen LogP contribution in [0.3, 0.4) is 0 Å². The van der Waals surface area contributed by atoms with Crippen LogP contribution in [0.4, 0.5) is 0 Å². The normalized spacial score (nSPS) is 11.6. The average molecular weight is 311 g/mol. The number of ether oxygens (including phenoxy) is 1. The number of rotatable bonds is 6. The smallest absolute Gasteiger partial charge is 0.328 e. The number of carbonyl (C=O) groups is 2. The molecule has 0 aliphatic heterocycles. The Bertz CT molecular complexity index is 650. The SMILES string of the molecule is COC(=O)[C@@H](Cc1ccc(C)cc1)NC(=O)Cc1ccccc1. The largest absolute Gasteiger partial charge is 0.467 e. The van der Waals surface area contributed by atoms with E-state index in [9.17, 15) is 9.59 Å². The van der Waals surface area contributed by atoms with Crippen LogP contribution in [0, 0.1) is 6.92 Å². The second kappa shape index (κ2) is 8.13. The molecule has 1 atom stereocenters. The lowest BCUT2D eigenvalue weighted by Gasteiger charge is -2.17. The first-order chi connectivity index (χ1) is 11.1. The van der Waals surface area contributed by atoms with Crippen LogP contribution in [0.25, 0.3) is 0 Å². The van der Waals surface area contributed by atoms with Crippen molar-refractivity contribution in [2.24, 2.45) is 0 Å². The van der Waals surface area contributed by atoms with Gasteiger partial charge in [-0.2, -0.15) is 0 Å². The summed E-state index contributed by atoms with van der Waals surface area (Å²) in [6.45, 7) is 2.00. The molecule has 0 saturated heterocycles. The van der Waals surface area contributed by atoms with Crippen LogP contribution >= 0.6 is 0 Å². The monoisotopic (exact) mass is 311 g/mol. The molecule has 0 heterocycles. The van der Waals surface area contributed by atoms with Gasteiger partial charge in [-0.15, -0.1) is 0 Å². The van der Waals surface area contributed by atoms with E-state index in [0.29, 0.717) is 6.42 Å². The van der Waals surface area contributed by atoms with Crippen LogP contribution in [0.1, 0.15) is 16.7 Å². The van der Waals surface area contributed by atoms with Gasteiger partial charge >= 0.3 is 5.97 Å². The number of esters is 1. The topological polar surface area (TPSA) is 55.4 Å². The summed E-state index contributed by atoms with van der Waals surface area (Å²) in [5.74, 6) is -0.634. The first-order valence-electron chi connectivity index (χ1n) is 7.55. The highest BCUT2D eigenvalue weighted by atomic mass is 16.5. The molecule has 0 radical (unpaired) electrons. The van der Waals surface area contributed by atoms with Crippen LogP contribution in [-0.2, 0) is 27.2 Å². The summed E-state index contributed by atoms with van der Waals surface area (Å²) in [5.41, 5.74) is 3.03. The summed E-state index contributed by atoms with van der Waals surface area (Å²) in [4.78, 5) is 24.1. The number of carbonyl (C=O) groups excluding carboxylic acids is 2. The van der Waals surface area contributed by atoms with Gasteiger partial charge in [-0.1, -0.05) is 60.2 Å². The minimum atomic E-state index is -0.682.